The summed E-state index contributed by atoms with van der Waals surface area (Å²) < 4.78 is 38.4. The average Bonchev–Trinajstić information content (AvgIpc) is 3.71. The first-order valence-electron chi connectivity index (χ1n) is 25.8. The Kier molecular flexibility index (Phi) is 21.3. The van der Waals surface area contributed by atoms with E-state index in [-0.39, 0.29) is 42.4 Å². The molecule has 0 bridgehead atoms. The summed E-state index contributed by atoms with van der Waals surface area (Å²) in [5.74, 6) is -0.210. The van der Waals surface area contributed by atoms with E-state index >= 15 is 0 Å². The number of nitrogens with zero attached hydrogens (tertiary/aromatic N) is 2. The van der Waals surface area contributed by atoms with E-state index in [0.29, 0.717) is 73.5 Å². The van der Waals surface area contributed by atoms with Gasteiger partial charge in [0, 0.05) is 19.5 Å². The predicted molar refractivity (Wildman–Crippen MR) is 280 cm³/mol. The van der Waals surface area contributed by atoms with Gasteiger partial charge in [0.15, 0.2) is 29.6 Å². The molecule has 4 aromatic carbocycles. The molecule has 19 nitrogen and oxygen atoms in total. The van der Waals surface area contributed by atoms with Crippen molar-refractivity contribution < 1.29 is 71.8 Å². The monoisotopic (exact) mass is 1050 g/mol. The van der Waals surface area contributed by atoms with Gasteiger partial charge in [-0.25, -0.2) is 4.79 Å². The fraction of sp³-hybridized carbons (Fsp3) is 0.456. The Hall–Kier alpha value is -7.83. The molecule has 76 heavy (non-hydrogen) atoms. The second kappa shape index (κ2) is 28.2. The van der Waals surface area contributed by atoms with Crippen molar-refractivity contribution in [3.05, 3.63) is 101 Å². The zero-order chi connectivity index (χ0) is 54.7. The summed E-state index contributed by atoms with van der Waals surface area (Å²) in [7, 11) is 7.82. The van der Waals surface area contributed by atoms with E-state index in [0.717, 1.165) is 73.1 Å². The van der Waals surface area contributed by atoms with Gasteiger partial charge in [-0.15, -0.1) is 0 Å². The van der Waals surface area contributed by atoms with Crippen molar-refractivity contribution in [1.82, 2.24) is 20.4 Å². The van der Waals surface area contributed by atoms with Gasteiger partial charge in [-0.05, 0) is 129 Å². The molecule has 0 aliphatic carbocycles. The van der Waals surface area contributed by atoms with Crippen molar-refractivity contribution in [3.8, 4) is 40.2 Å². The fourth-order valence-corrected chi connectivity index (χ4v) is 9.63. The zero-order valence-electron chi connectivity index (χ0n) is 44.2. The molecule has 0 aromatic heterocycles. The molecule has 0 saturated carbocycles. The van der Waals surface area contributed by atoms with Gasteiger partial charge in [0.25, 0.3) is 17.7 Å². The molecule has 408 valence electrons. The van der Waals surface area contributed by atoms with E-state index in [1.54, 1.807) is 38.5 Å². The van der Waals surface area contributed by atoms with Crippen LogP contribution in [0, 0.1) is 0 Å². The summed E-state index contributed by atoms with van der Waals surface area (Å²) in [5.41, 5.74) is 3.37. The number of carbonyl (C=O) groups is 7. The van der Waals surface area contributed by atoms with Crippen LogP contribution in [0.2, 0.25) is 0 Å². The summed E-state index contributed by atoms with van der Waals surface area (Å²) in [6, 6.07) is 20.3. The van der Waals surface area contributed by atoms with E-state index in [9.17, 15) is 38.7 Å². The number of piperidine rings is 2. The number of carbonyl (C=O) groups excluding carboxylic acids is 6. The summed E-state index contributed by atoms with van der Waals surface area (Å²) in [5, 5.41) is 14.6. The van der Waals surface area contributed by atoms with Gasteiger partial charge in [0.1, 0.15) is 23.6 Å². The van der Waals surface area contributed by atoms with Gasteiger partial charge in [-0.2, -0.15) is 0 Å². The largest absolute Gasteiger partial charge is 0.493 e. The highest BCUT2D eigenvalue weighted by atomic mass is 16.5. The molecule has 0 spiro atoms. The number of ether oxygens (including phenoxy) is 7. The first-order chi connectivity index (χ1) is 36.8. The zero-order valence-corrected chi connectivity index (χ0v) is 44.2. The maximum absolute atomic E-state index is 13.2. The van der Waals surface area contributed by atoms with Crippen LogP contribution in [0.25, 0.3) is 0 Å². The topological polar surface area (TPSA) is 235 Å². The molecule has 3 atom stereocenters. The number of aryl methyl sites for hydroxylation is 2. The van der Waals surface area contributed by atoms with Gasteiger partial charge in [0.05, 0.1) is 59.2 Å². The molecule has 3 aliphatic heterocycles. The highest BCUT2D eigenvalue weighted by molar-refractivity contribution is 6.24. The molecule has 3 heterocycles. The Morgan fingerprint density at radius 3 is 2.08 bits per heavy atom. The van der Waals surface area contributed by atoms with Crippen LogP contribution in [0.5, 0.6) is 40.2 Å². The second-order valence-corrected chi connectivity index (χ2v) is 18.5. The molecule has 2 fully saturated rings. The van der Waals surface area contributed by atoms with E-state index in [1.165, 1.54) is 37.9 Å². The number of aliphatic carboxylic acids is 1. The maximum atomic E-state index is 13.2. The summed E-state index contributed by atoms with van der Waals surface area (Å²) in [6.07, 6.45) is 8.76. The SMILES string of the molecule is CC[C@H](C(=O)N1CCCCC1C(=O)O)c1cc(OC)c(OC)c(OC)c1.COc1ccc(CCCc2cccc(OCC(=O)NCCCCCCOc3cccc4c3C(=O)N(C3CCC(=O)NC3=O)C4=O)c2)cc1OC. The molecule has 0 radical (unpaired) electrons. The molecule has 3 N–H and O–H groups in total. The number of hydrogen-bond donors (Lipinski definition) is 3. The third-order valence-corrected chi connectivity index (χ3v) is 13.6. The molecule has 3 aliphatic rings. The van der Waals surface area contributed by atoms with Crippen LogP contribution in [0.4, 0.5) is 0 Å². The third-order valence-electron chi connectivity index (χ3n) is 13.6. The Balaban J connectivity index is 0.000000303. The molecular formula is C57H70N4O15. The minimum atomic E-state index is -1.02. The number of unbranched alkanes of at least 4 members (excludes halogenated alkanes) is 3. The van der Waals surface area contributed by atoms with Gasteiger partial charge < -0.3 is 48.5 Å². The van der Waals surface area contributed by atoms with E-state index < -0.39 is 47.6 Å². The number of methoxy groups -OCH3 is 5. The van der Waals surface area contributed by atoms with Crippen LogP contribution in [0.3, 0.4) is 0 Å². The quantitative estimate of drug-likeness (QED) is 0.0444. The van der Waals surface area contributed by atoms with Crippen LogP contribution in [0.1, 0.15) is 121 Å². The first kappa shape index (κ1) is 57.4. The number of rotatable bonds is 25. The molecule has 4 aromatic rings. The van der Waals surface area contributed by atoms with Crippen LogP contribution >= 0.6 is 0 Å². The maximum Gasteiger partial charge on any atom is 0.326 e. The minimum Gasteiger partial charge on any atom is -0.493 e. The normalized spacial score (nSPS) is 16.3. The van der Waals surface area contributed by atoms with Crippen LogP contribution in [0.15, 0.2) is 72.8 Å². The molecule has 2 saturated heterocycles. The Morgan fingerprint density at radius 1 is 0.711 bits per heavy atom. The highest BCUT2D eigenvalue weighted by Crippen LogP contribution is 2.41. The minimum absolute atomic E-state index is 0.0596. The average molecular weight is 1050 g/mol. The number of hydrogen-bond acceptors (Lipinski definition) is 14. The number of benzene rings is 4. The predicted octanol–water partition coefficient (Wildman–Crippen LogP) is 7.09. The van der Waals surface area contributed by atoms with Gasteiger partial charge in [0.2, 0.25) is 23.5 Å². The standard InChI is InChI=1S/C38H43N3O9.C19H27NO6/c1-47-30-18-16-26(23-32(30)48-2)11-7-10-25-12-8-13-27(22-25)50-24-34(43)39-20-5-3-4-6-21-49-31-15-9-14-28-35(31)38(46)41(37(28)45)29-17-19-33(42)40-36(29)44;1-5-13(18(21)20-9-7-6-8-14(20)19(22)23)12-10-15(24-2)17(26-4)16(11-12)25-3/h8-9,12-16,18,22-23,29H,3-7,10-11,17,19-21,24H2,1-2H3,(H,39,43)(H,40,42,44);10-11,13-14H,5-9H2,1-4H3,(H,22,23)/t;13-,14?/m.0/s1. The highest BCUT2D eigenvalue weighted by Gasteiger charge is 2.46. The van der Waals surface area contributed by atoms with Crippen molar-refractivity contribution >= 4 is 41.4 Å². The van der Waals surface area contributed by atoms with Crippen molar-refractivity contribution in [3.63, 3.8) is 0 Å². The Labute approximate surface area is 443 Å². The van der Waals surface area contributed by atoms with Crippen molar-refractivity contribution in [2.75, 3.05) is 61.9 Å². The third kappa shape index (κ3) is 14.5. The Bertz CT molecular complexity index is 2680. The fourth-order valence-electron chi connectivity index (χ4n) is 9.63. The Morgan fingerprint density at radius 2 is 1.41 bits per heavy atom. The van der Waals surface area contributed by atoms with Crippen molar-refractivity contribution in [2.24, 2.45) is 0 Å². The van der Waals surface area contributed by atoms with E-state index in [2.05, 4.69) is 16.7 Å². The summed E-state index contributed by atoms with van der Waals surface area (Å²) in [4.78, 5) is 89.5. The molecule has 6 amide bonds. The van der Waals surface area contributed by atoms with Crippen LogP contribution in [-0.2, 0) is 36.8 Å². The van der Waals surface area contributed by atoms with Crippen LogP contribution in [-0.4, -0.2) is 130 Å². The summed E-state index contributed by atoms with van der Waals surface area (Å²) >= 11 is 0. The van der Waals surface area contributed by atoms with Gasteiger partial charge >= 0.3 is 5.97 Å². The van der Waals surface area contributed by atoms with Crippen molar-refractivity contribution in [2.45, 2.75) is 108 Å². The smallest absolute Gasteiger partial charge is 0.326 e. The van der Waals surface area contributed by atoms with E-state index in [4.69, 9.17) is 33.2 Å². The number of carboxylic acids is 1. The van der Waals surface area contributed by atoms with Crippen LogP contribution < -0.4 is 43.8 Å². The van der Waals surface area contributed by atoms with Gasteiger partial charge in [-0.3, -0.25) is 39.0 Å². The molecule has 2 unspecified atom stereocenters. The lowest BCUT2D eigenvalue weighted by Crippen LogP contribution is -2.54. The van der Waals surface area contributed by atoms with Gasteiger partial charge in [-0.1, -0.05) is 44.0 Å². The van der Waals surface area contributed by atoms with E-state index in [1.807, 2.05) is 43.3 Å². The number of likely N-dealkylation sites (tertiary alicyclic amines) is 1. The lowest BCUT2D eigenvalue weighted by Gasteiger charge is -2.35. The number of carboxylic acid groups (broad SMARTS) is 1. The number of amides is 6. The molecular weight excluding hydrogens is 981 g/mol. The first-order valence-corrected chi connectivity index (χ1v) is 25.8. The molecule has 7 rings (SSSR count). The lowest BCUT2D eigenvalue weighted by molar-refractivity contribution is -0.152. The van der Waals surface area contributed by atoms with Crippen molar-refractivity contribution in [1.29, 1.82) is 0 Å². The molecule has 19 heteroatoms. The number of nitrogens with one attached hydrogen (secondary N) is 2. The number of imide groups is 2. The second-order valence-electron chi connectivity index (χ2n) is 18.5. The number of fused-ring (bicyclic) bond motifs is 1. The summed E-state index contributed by atoms with van der Waals surface area (Å²) in [6.45, 7) is 3.18. The lowest BCUT2D eigenvalue weighted by atomic mass is 9.91.